The molecule has 0 aliphatic carbocycles. The Labute approximate surface area is 187 Å². The Kier molecular flexibility index (Phi) is 6.03. The first kappa shape index (κ1) is 21.6. The lowest BCUT2D eigenvalue weighted by atomic mass is 10.0. The smallest absolute Gasteiger partial charge is 0.344 e. The van der Waals surface area contributed by atoms with Crippen LogP contribution in [0.1, 0.15) is 0 Å². The Bertz CT molecular complexity index is 1410. The fraction of sp³-hybridized carbons (Fsp3) is 0.0833. The number of rotatable bonds is 7. The maximum atomic E-state index is 12.5. The number of anilines is 1. The molecule has 0 saturated heterocycles. The van der Waals surface area contributed by atoms with E-state index >= 15 is 0 Å². The van der Waals surface area contributed by atoms with Crippen molar-refractivity contribution in [2.75, 3.05) is 19.0 Å². The zero-order valence-corrected chi connectivity index (χ0v) is 17.4. The van der Waals surface area contributed by atoms with Gasteiger partial charge in [0.15, 0.2) is 12.4 Å². The number of para-hydroxylation sites is 3. The van der Waals surface area contributed by atoms with Gasteiger partial charge in [-0.15, -0.1) is 0 Å². The molecule has 0 aliphatic heterocycles. The van der Waals surface area contributed by atoms with Crippen molar-refractivity contribution in [2.45, 2.75) is 0 Å². The third kappa shape index (κ3) is 4.67. The number of nitrogens with zero attached hydrogens (tertiary/aromatic N) is 1. The summed E-state index contributed by atoms with van der Waals surface area (Å²) in [7, 11) is 1.44. The van der Waals surface area contributed by atoms with E-state index in [0.29, 0.717) is 28.1 Å². The molecule has 4 aromatic rings. The number of hydrogen-bond donors (Lipinski definition) is 1. The van der Waals surface area contributed by atoms with Crippen molar-refractivity contribution in [3.05, 3.63) is 93.3 Å². The lowest BCUT2D eigenvalue weighted by Crippen LogP contribution is -2.21. The van der Waals surface area contributed by atoms with E-state index in [1.165, 1.54) is 25.3 Å². The molecule has 0 atom stereocenters. The number of nitrogens with one attached hydrogen (secondary N) is 1. The van der Waals surface area contributed by atoms with Gasteiger partial charge in [-0.1, -0.05) is 36.4 Å². The number of methoxy groups -OCH3 is 1. The van der Waals surface area contributed by atoms with Gasteiger partial charge in [-0.05, 0) is 35.9 Å². The Hall–Kier alpha value is -4.66. The van der Waals surface area contributed by atoms with Crippen LogP contribution in [0.2, 0.25) is 0 Å². The van der Waals surface area contributed by atoms with Gasteiger partial charge in [0, 0.05) is 11.5 Å². The molecule has 1 N–H and O–H groups in total. The van der Waals surface area contributed by atoms with Gasteiger partial charge in [0.25, 0.3) is 5.91 Å². The van der Waals surface area contributed by atoms with Crippen molar-refractivity contribution in [2.24, 2.45) is 0 Å². The number of hydrogen-bond acceptors (Lipinski definition) is 7. The molecule has 1 heterocycles. The van der Waals surface area contributed by atoms with Crippen LogP contribution in [0.15, 0.2) is 82.0 Å². The van der Waals surface area contributed by atoms with Crippen LogP contribution >= 0.6 is 0 Å². The quantitative estimate of drug-likeness (QED) is 0.254. The van der Waals surface area contributed by atoms with Crippen molar-refractivity contribution in [1.29, 1.82) is 0 Å². The summed E-state index contributed by atoms with van der Waals surface area (Å²) in [6, 6.07) is 19.5. The van der Waals surface area contributed by atoms with E-state index in [9.17, 15) is 19.7 Å². The first-order chi connectivity index (χ1) is 16.0. The molecule has 0 saturated carbocycles. The van der Waals surface area contributed by atoms with E-state index < -0.39 is 23.1 Å². The summed E-state index contributed by atoms with van der Waals surface area (Å²) in [4.78, 5) is 35.5. The molecule has 0 unspecified atom stereocenters. The molecule has 0 radical (unpaired) electrons. The van der Waals surface area contributed by atoms with Gasteiger partial charge in [0.2, 0.25) is 0 Å². The summed E-state index contributed by atoms with van der Waals surface area (Å²) in [6.45, 7) is -0.462. The van der Waals surface area contributed by atoms with Gasteiger partial charge in [0.05, 0.1) is 23.3 Å². The van der Waals surface area contributed by atoms with Gasteiger partial charge >= 0.3 is 11.3 Å². The normalized spacial score (nSPS) is 10.6. The highest BCUT2D eigenvalue weighted by atomic mass is 16.6. The molecular weight excluding hydrogens is 428 g/mol. The van der Waals surface area contributed by atoms with Crippen molar-refractivity contribution in [3.63, 3.8) is 0 Å². The Morgan fingerprint density at radius 1 is 1.03 bits per heavy atom. The molecule has 0 bridgehead atoms. The predicted molar refractivity (Wildman–Crippen MR) is 122 cm³/mol. The van der Waals surface area contributed by atoms with Crippen LogP contribution in [0.5, 0.6) is 11.5 Å². The number of carbonyl (C=O) groups is 1. The third-order valence-corrected chi connectivity index (χ3v) is 4.85. The van der Waals surface area contributed by atoms with Crippen LogP contribution in [-0.2, 0) is 4.79 Å². The Morgan fingerprint density at radius 2 is 1.79 bits per heavy atom. The molecule has 3 aromatic carbocycles. The topological polar surface area (TPSA) is 121 Å². The Morgan fingerprint density at radius 3 is 2.58 bits per heavy atom. The number of nitro benzene ring substituents is 1. The lowest BCUT2D eigenvalue weighted by Gasteiger charge is -2.13. The monoisotopic (exact) mass is 446 g/mol. The van der Waals surface area contributed by atoms with Crippen molar-refractivity contribution < 1.29 is 23.6 Å². The third-order valence-electron chi connectivity index (χ3n) is 4.85. The second-order valence-corrected chi connectivity index (χ2v) is 6.96. The van der Waals surface area contributed by atoms with Gasteiger partial charge in [-0.25, -0.2) is 4.79 Å². The summed E-state index contributed by atoms with van der Waals surface area (Å²) in [5.74, 6) is -0.218. The minimum atomic E-state index is -0.588. The number of ether oxygens (including phenoxy) is 2. The molecule has 0 fully saturated rings. The highest BCUT2D eigenvalue weighted by Crippen LogP contribution is 2.31. The maximum Gasteiger partial charge on any atom is 0.344 e. The summed E-state index contributed by atoms with van der Waals surface area (Å²) < 4.78 is 16.0. The minimum absolute atomic E-state index is 0.0212. The second-order valence-electron chi connectivity index (χ2n) is 6.96. The van der Waals surface area contributed by atoms with Crippen molar-refractivity contribution >= 4 is 28.3 Å². The zero-order chi connectivity index (χ0) is 23.4. The van der Waals surface area contributed by atoms with Gasteiger partial charge in [-0.2, -0.15) is 0 Å². The number of amides is 1. The standard InChI is InChI=1S/C24H18N2O7/c1-31-21-11-10-15(17-12-16-6-2-4-8-20(16)33-24(17)28)13-18(21)25-23(27)14-32-22-9-5-3-7-19(22)26(29)30/h2-13H,14H2,1H3,(H,25,27). The van der Waals surface area contributed by atoms with Crippen LogP contribution in [-0.4, -0.2) is 24.5 Å². The van der Waals surface area contributed by atoms with Crippen LogP contribution in [0.4, 0.5) is 11.4 Å². The maximum absolute atomic E-state index is 12.5. The van der Waals surface area contributed by atoms with E-state index in [2.05, 4.69) is 5.32 Å². The molecule has 0 aliphatic rings. The van der Waals surface area contributed by atoms with Gasteiger partial charge in [-0.3, -0.25) is 14.9 Å². The first-order valence-corrected chi connectivity index (χ1v) is 9.83. The second kappa shape index (κ2) is 9.23. The molecule has 1 aromatic heterocycles. The van der Waals surface area contributed by atoms with Gasteiger partial charge in [0.1, 0.15) is 11.3 Å². The summed E-state index contributed by atoms with van der Waals surface area (Å²) >= 11 is 0. The van der Waals surface area contributed by atoms with E-state index in [1.807, 2.05) is 12.1 Å². The molecule has 9 nitrogen and oxygen atoms in total. The molecule has 4 rings (SSSR count). The Balaban J connectivity index is 1.58. The van der Waals surface area contributed by atoms with E-state index in [0.717, 1.165) is 5.39 Å². The molecule has 1 amide bonds. The fourth-order valence-electron chi connectivity index (χ4n) is 3.30. The average molecular weight is 446 g/mol. The fourth-order valence-corrected chi connectivity index (χ4v) is 3.30. The minimum Gasteiger partial charge on any atom is -0.495 e. The predicted octanol–water partition coefficient (Wildman–Crippen LogP) is 4.39. The number of fused-ring (bicyclic) bond motifs is 1. The summed E-state index contributed by atoms with van der Waals surface area (Å²) in [5, 5.41) is 14.5. The first-order valence-electron chi connectivity index (χ1n) is 9.83. The average Bonchev–Trinajstić information content (AvgIpc) is 2.82. The van der Waals surface area contributed by atoms with Crippen molar-refractivity contribution in [1.82, 2.24) is 0 Å². The zero-order valence-electron chi connectivity index (χ0n) is 17.4. The highest BCUT2D eigenvalue weighted by Gasteiger charge is 2.17. The van der Waals surface area contributed by atoms with Crippen LogP contribution in [0.25, 0.3) is 22.1 Å². The van der Waals surface area contributed by atoms with E-state index in [1.54, 1.807) is 42.5 Å². The SMILES string of the molecule is COc1ccc(-c2cc3ccccc3oc2=O)cc1NC(=O)COc1ccccc1[N+](=O)[O-]. The highest BCUT2D eigenvalue weighted by molar-refractivity contribution is 5.94. The molecule has 0 spiro atoms. The van der Waals surface area contributed by atoms with Crippen LogP contribution in [0, 0.1) is 10.1 Å². The number of carbonyl (C=O) groups excluding carboxylic acids is 1. The largest absolute Gasteiger partial charge is 0.495 e. The van der Waals surface area contributed by atoms with Crippen LogP contribution in [0.3, 0.4) is 0 Å². The molecule has 33 heavy (non-hydrogen) atoms. The molecular formula is C24H18N2O7. The van der Waals surface area contributed by atoms with Crippen molar-refractivity contribution in [3.8, 4) is 22.6 Å². The van der Waals surface area contributed by atoms with E-state index in [4.69, 9.17) is 13.9 Å². The lowest BCUT2D eigenvalue weighted by molar-refractivity contribution is -0.385. The van der Waals surface area contributed by atoms with Crippen LogP contribution < -0.4 is 20.4 Å². The molecule has 166 valence electrons. The number of nitro groups is 1. The van der Waals surface area contributed by atoms with Gasteiger partial charge < -0.3 is 19.2 Å². The number of benzene rings is 3. The summed E-state index contributed by atoms with van der Waals surface area (Å²) in [6.07, 6.45) is 0. The van der Waals surface area contributed by atoms with E-state index in [-0.39, 0.29) is 11.4 Å². The summed E-state index contributed by atoms with van der Waals surface area (Å²) in [5.41, 5.74) is 0.858. The molecule has 9 heteroatoms.